The number of nitrogens with one attached hydrogen (secondary N) is 4. The highest BCUT2D eigenvalue weighted by Gasteiger charge is 2.27. The lowest BCUT2D eigenvalue weighted by Crippen LogP contribution is -2.36. The van der Waals surface area contributed by atoms with E-state index in [4.69, 9.17) is 4.74 Å². The van der Waals surface area contributed by atoms with Crippen LogP contribution in [0.15, 0.2) is 54.6 Å². The standard InChI is InChI=1S/C29H37N7O3/c1-19(21-7-5-4-6-8-21)17-32-28-34-27(30-2)35-29(36-28)33-24-15-13-22(14-16-24)25(37)31-18-20-9-11-23(12-10-20)26(38)39-3/h4-12,19,22,24H,13-18H2,1-3H3,(H,31,37)(H3,30,32,33,34,35,36). The zero-order chi connectivity index (χ0) is 27.6. The average Bonchev–Trinajstić information content (AvgIpc) is 2.99. The van der Waals surface area contributed by atoms with E-state index in [0.29, 0.717) is 42.4 Å². The first-order valence-electron chi connectivity index (χ1n) is 13.4. The van der Waals surface area contributed by atoms with Gasteiger partial charge in [0.05, 0.1) is 12.7 Å². The summed E-state index contributed by atoms with van der Waals surface area (Å²) >= 11 is 0. The van der Waals surface area contributed by atoms with Crippen molar-refractivity contribution in [3.05, 3.63) is 71.3 Å². The highest BCUT2D eigenvalue weighted by atomic mass is 16.5. The monoisotopic (exact) mass is 531 g/mol. The molecule has 1 amide bonds. The van der Waals surface area contributed by atoms with Crippen LogP contribution >= 0.6 is 0 Å². The fourth-order valence-electron chi connectivity index (χ4n) is 4.67. The van der Waals surface area contributed by atoms with Gasteiger partial charge in [0.15, 0.2) is 0 Å². The first-order chi connectivity index (χ1) is 18.9. The largest absolute Gasteiger partial charge is 0.465 e. The van der Waals surface area contributed by atoms with Crippen LogP contribution in [0.3, 0.4) is 0 Å². The van der Waals surface area contributed by atoms with Crippen molar-refractivity contribution in [3.63, 3.8) is 0 Å². The summed E-state index contributed by atoms with van der Waals surface area (Å²) in [5.74, 6) is 1.50. The molecule has 0 radical (unpaired) electrons. The summed E-state index contributed by atoms with van der Waals surface area (Å²) in [6, 6.07) is 17.6. The maximum absolute atomic E-state index is 12.8. The van der Waals surface area contributed by atoms with Crippen LogP contribution in [0, 0.1) is 5.92 Å². The number of rotatable bonds is 11. The lowest BCUT2D eigenvalue weighted by molar-refractivity contribution is -0.126. The highest BCUT2D eigenvalue weighted by Crippen LogP contribution is 2.27. The van der Waals surface area contributed by atoms with Crippen molar-refractivity contribution in [1.82, 2.24) is 20.3 Å². The van der Waals surface area contributed by atoms with Gasteiger partial charge in [0, 0.05) is 32.1 Å². The number of hydrogen-bond acceptors (Lipinski definition) is 9. The van der Waals surface area contributed by atoms with Crippen molar-refractivity contribution in [1.29, 1.82) is 0 Å². The van der Waals surface area contributed by atoms with Crippen LogP contribution in [0.4, 0.5) is 17.8 Å². The zero-order valence-corrected chi connectivity index (χ0v) is 22.7. The Bertz CT molecular complexity index is 1230. The minimum atomic E-state index is -0.375. The van der Waals surface area contributed by atoms with Gasteiger partial charge in [0.2, 0.25) is 23.8 Å². The van der Waals surface area contributed by atoms with Gasteiger partial charge < -0.3 is 26.0 Å². The number of esters is 1. The smallest absolute Gasteiger partial charge is 0.337 e. The fraction of sp³-hybridized carbons (Fsp3) is 0.414. The summed E-state index contributed by atoms with van der Waals surface area (Å²) in [4.78, 5) is 37.9. The molecule has 1 unspecified atom stereocenters. The summed E-state index contributed by atoms with van der Waals surface area (Å²) in [6.07, 6.45) is 3.27. The molecule has 1 atom stereocenters. The summed E-state index contributed by atoms with van der Waals surface area (Å²) in [6.45, 7) is 3.29. The number of benzene rings is 2. The molecule has 0 bridgehead atoms. The molecule has 10 heteroatoms. The fourth-order valence-corrected chi connectivity index (χ4v) is 4.67. The number of anilines is 3. The van der Waals surface area contributed by atoms with Crippen molar-refractivity contribution in [2.24, 2.45) is 5.92 Å². The first kappa shape index (κ1) is 27.8. The minimum Gasteiger partial charge on any atom is -0.465 e. The van der Waals surface area contributed by atoms with Crippen LogP contribution in [-0.4, -0.2) is 53.6 Å². The number of aromatic nitrogens is 3. The molecule has 0 saturated heterocycles. The van der Waals surface area contributed by atoms with Gasteiger partial charge in [-0.1, -0.05) is 49.4 Å². The van der Waals surface area contributed by atoms with E-state index in [1.165, 1.54) is 12.7 Å². The molecule has 3 aromatic rings. The van der Waals surface area contributed by atoms with E-state index in [1.54, 1.807) is 19.2 Å². The van der Waals surface area contributed by atoms with Crippen LogP contribution in [0.5, 0.6) is 0 Å². The van der Waals surface area contributed by atoms with Crippen molar-refractivity contribution in [2.45, 2.75) is 51.1 Å². The van der Waals surface area contributed by atoms with Crippen LogP contribution in [-0.2, 0) is 16.1 Å². The molecule has 4 N–H and O–H groups in total. The van der Waals surface area contributed by atoms with Crippen LogP contribution in [0.25, 0.3) is 0 Å². The Morgan fingerprint density at radius 3 is 2.26 bits per heavy atom. The van der Waals surface area contributed by atoms with E-state index in [9.17, 15) is 9.59 Å². The van der Waals surface area contributed by atoms with Gasteiger partial charge in [-0.15, -0.1) is 0 Å². The lowest BCUT2D eigenvalue weighted by Gasteiger charge is -2.28. The molecule has 39 heavy (non-hydrogen) atoms. The van der Waals surface area contributed by atoms with E-state index in [2.05, 4.69) is 55.3 Å². The van der Waals surface area contributed by atoms with Crippen molar-refractivity contribution >= 4 is 29.7 Å². The molecule has 0 spiro atoms. The molecule has 1 aromatic heterocycles. The second kappa shape index (κ2) is 13.5. The third-order valence-electron chi connectivity index (χ3n) is 7.07. The van der Waals surface area contributed by atoms with Gasteiger partial charge in [-0.2, -0.15) is 15.0 Å². The Labute approximate surface area is 229 Å². The van der Waals surface area contributed by atoms with Gasteiger partial charge in [-0.05, 0) is 54.9 Å². The summed E-state index contributed by atoms with van der Waals surface area (Å²) in [5, 5.41) is 12.8. The maximum Gasteiger partial charge on any atom is 0.337 e. The molecule has 0 aliphatic heterocycles. The van der Waals surface area contributed by atoms with E-state index in [1.807, 2.05) is 30.3 Å². The van der Waals surface area contributed by atoms with Crippen molar-refractivity contribution < 1.29 is 14.3 Å². The Kier molecular flexibility index (Phi) is 9.66. The number of ether oxygens (including phenoxy) is 1. The first-order valence-corrected chi connectivity index (χ1v) is 13.4. The van der Waals surface area contributed by atoms with Crippen LogP contribution < -0.4 is 21.3 Å². The summed E-state index contributed by atoms with van der Waals surface area (Å²) < 4.78 is 4.72. The third kappa shape index (κ3) is 7.89. The van der Waals surface area contributed by atoms with Gasteiger partial charge in [-0.3, -0.25) is 4.79 Å². The number of amides is 1. The molecule has 1 saturated carbocycles. The number of carbonyl (C=O) groups excluding carboxylic acids is 2. The number of carbonyl (C=O) groups is 2. The molecule has 1 aliphatic rings. The number of hydrogen-bond donors (Lipinski definition) is 4. The summed E-state index contributed by atoms with van der Waals surface area (Å²) in [5.41, 5.74) is 2.68. The van der Waals surface area contributed by atoms with Crippen molar-refractivity contribution in [3.8, 4) is 0 Å². The Balaban J connectivity index is 1.25. The average molecular weight is 532 g/mol. The normalized spacial score (nSPS) is 17.5. The second-order valence-electron chi connectivity index (χ2n) is 9.85. The molecular formula is C29H37N7O3. The number of nitrogens with zero attached hydrogens (tertiary/aromatic N) is 3. The molecule has 1 fully saturated rings. The molecule has 10 nitrogen and oxygen atoms in total. The van der Waals surface area contributed by atoms with Gasteiger partial charge in [0.25, 0.3) is 0 Å². The Morgan fingerprint density at radius 1 is 0.923 bits per heavy atom. The minimum absolute atomic E-state index is 0.0275. The highest BCUT2D eigenvalue weighted by molar-refractivity contribution is 5.89. The SMILES string of the molecule is CNc1nc(NCC(C)c2ccccc2)nc(NC2CCC(C(=O)NCc3ccc(C(=O)OC)cc3)CC2)n1. The third-order valence-corrected chi connectivity index (χ3v) is 7.07. The molecule has 206 valence electrons. The molecule has 4 rings (SSSR count). The van der Waals surface area contributed by atoms with E-state index in [-0.39, 0.29) is 23.8 Å². The van der Waals surface area contributed by atoms with Gasteiger partial charge in [-0.25, -0.2) is 4.79 Å². The quantitative estimate of drug-likeness (QED) is 0.269. The van der Waals surface area contributed by atoms with E-state index < -0.39 is 0 Å². The van der Waals surface area contributed by atoms with Crippen LogP contribution in [0.1, 0.15) is 60.0 Å². The molecule has 1 aliphatic carbocycles. The Hall–Kier alpha value is -4.21. The van der Waals surface area contributed by atoms with Gasteiger partial charge in [0.1, 0.15) is 0 Å². The van der Waals surface area contributed by atoms with Crippen LogP contribution in [0.2, 0.25) is 0 Å². The molecule has 2 aromatic carbocycles. The second-order valence-corrected chi connectivity index (χ2v) is 9.85. The molecular weight excluding hydrogens is 494 g/mol. The van der Waals surface area contributed by atoms with E-state index >= 15 is 0 Å². The predicted molar refractivity (Wildman–Crippen MR) is 152 cm³/mol. The Morgan fingerprint density at radius 2 is 1.59 bits per heavy atom. The lowest BCUT2D eigenvalue weighted by atomic mass is 9.85. The van der Waals surface area contributed by atoms with Crippen molar-refractivity contribution in [2.75, 3.05) is 36.7 Å². The summed E-state index contributed by atoms with van der Waals surface area (Å²) in [7, 11) is 3.14. The molecule has 1 heterocycles. The topological polar surface area (TPSA) is 130 Å². The zero-order valence-electron chi connectivity index (χ0n) is 22.7. The van der Waals surface area contributed by atoms with E-state index in [0.717, 1.165) is 31.2 Å². The number of methoxy groups -OCH3 is 1. The van der Waals surface area contributed by atoms with Gasteiger partial charge >= 0.3 is 5.97 Å². The maximum atomic E-state index is 12.8. The predicted octanol–water partition coefficient (Wildman–Crippen LogP) is 4.20.